The van der Waals surface area contributed by atoms with E-state index in [2.05, 4.69) is 10.1 Å². The highest BCUT2D eigenvalue weighted by molar-refractivity contribution is 5.99. The molecule has 0 radical (unpaired) electrons. The summed E-state index contributed by atoms with van der Waals surface area (Å²) in [6, 6.07) is 8.05. The molecule has 1 aromatic carbocycles. The Morgan fingerprint density at radius 2 is 1.82 bits per heavy atom. The number of methoxy groups -OCH3 is 1. The SMILES string of the molecule is COC(=O)c1ccc(Nc2cc(C)oc(=O)c2C(C)=O)cc1. The summed E-state index contributed by atoms with van der Waals surface area (Å²) in [7, 11) is 1.31. The number of esters is 1. The summed E-state index contributed by atoms with van der Waals surface area (Å²) in [6.45, 7) is 2.92. The lowest BCUT2D eigenvalue weighted by Gasteiger charge is -2.10. The summed E-state index contributed by atoms with van der Waals surface area (Å²) in [5.74, 6) is -0.432. The average Bonchev–Trinajstić information content (AvgIpc) is 2.46. The number of rotatable bonds is 4. The molecule has 2 aromatic rings. The van der Waals surface area contributed by atoms with Crippen molar-refractivity contribution in [2.24, 2.45) is 0 Å². The Bertz CT molecular complexity index is 774. The predicted octanol–water partition coefficient (Wildman–Crippen LogP) is 2.68. The van der Waals surface area contributed by atoms with E-state index in [-0.39, 0.29) is 11.3 Å². The molecule has 0 saturated carbocycles. The van der Waals surface area contributed by atoms with Gasteiger partial charge in [0.05, 0.1) is 18.4 Å². The molecular formula is C16H15NO5. The first-order chi connectivity index (χ1) is 10.4. The Morgan fingerprint density at radius 3 is 2.36 bits per heavy atom. The zero-order valence-electron chi connectivity index (χ0n) is 12.4. The van der Waals surface area contributed by atoms with E-state index in [0.717, 1.165) is 0 Å². The molecule has 1 N–H and O–H groups in total. The number of nitrogens with one attached hydrogen (secondary N) is 1. The molecule has 22 heavy (non-hydrogen) atoms. The maximum atomic E-state index is 11.8. The molecule has 0 bridgehead atoms. The van der Waals surface area contributed by atoms with Crippen LogP contribution in [0, 0.1) is 6.92 Å². The van der Waals surface area contributed by atoms with Crippen molar-refractivity contribution in [3.05, 3.63) is 57.6 Å². The van der Waals surface area contributed by atoms with Crippen molar-refractivity contribution in [1.82, 2.24) is 0 Å². The molecule has 6 heteroatoms. The van der Waals surface area contributed by atoms with Gasteiger partial charge in [0.2, 0.25) is 0 Å². The third-order valence-electron chi connectivity index (χ3n) is 3.01. The van der Waals surface area contributed by atoms with Crippen molar-refractivity contribution in [1.29, 1.82) is 0 Å². The Labute approximate surface area is 126 Å². The van der Waals surface area contributed by atoms with Gasteiger partial charge >= 0.3 is 11.6 Å². The number of carbonyl (C=O) groups is 2. The van der Waals surface area contributed by atoms with Gasteiger partial charge in [0.1, 0.15) is 11.3 Å². The topological polar surface area (TPSA) is 85.6 Å². The summed E-state index contributed by atoms with van der Waals surface area (Å²) < 4.78 is 9.55. The second kappa shape index (κ2) is 6.26. The van der Waals surface area contributed by atoms with Crippen LogP contribution < -0.4 is 10.9 Å². The number of Topliss-reactive ketones (excluding diaryl/α,β-unsaturated/α-hetero) is 1. The van der Waals surface area contributed by atoms with Crippen LogP contribution in [0.15, 0.2) is 39.5 Å². The van der Waals surface area contributed by atoms with Crippen molar-refractivity contribution in [3.8, 4) is 0 Å². The number of aryl methyl sites for hydroxylation is 1. The maximum Gasteiger partial charge on any atom is 0.348 e. The smallest absolute Gasteiger partial charge is 0.348 e. The summed E-state index contributed by atoms with van der Waals surface area (Å²) in [6.07, 6.45) is 0. The highest BCUT2D eigenvalue weighted by Crippen LogP contribution is 2.21. The summed E-state index contributed by atoms with van der Waals surface area (Å²) in [5, 5.41) is 2.99. The van der Waals surface area contributed by atoms with Gasteiger partial charge in [0, 0.05) is 11.8 Å². The molecule has 0 amide bonds. The fourth-order valence-electron chi connectivity index (χ4n) is 2.01. The van der Waals surface area contributed by atoms with E-state index in [1.54, 1.807) is 37.3 Å². The molecule has 6 nitrogen and oxygen atoms in total. The van der Waals surface area contributed by atoms with Crippen LogP contribution in [0.4, 0.5) is 11.4 Å². The quantitative estimate of drug-likeness (QED) is 0.690. The molecule has 0 fully saturated rings. The Hall–Kier alpha value is -2.89. The highest BCUT2D eigenvalue weighted by atomic mass is 16.5. The van der Waals surface area contributed by atoms with E-state index < -0.39 is 11.6 Å². The minimum Gasteiger partial charge on any atom is -0.465 e. The van der Waals surface area contributed by atoms with Gasteiger partial charge in [-0.3, -0.25) is 4.79 Å². The molecule has 0 saturated heterocycles. The van der Waals surface area contributed by atoms with Crippen LogP contribution in [0.1, 0.15) is 33.4 Å². The highest BCUT2D eigenvalue weighted by Gasteiger charge is 2.15. The Balaban J connectivity index is 2.37. The number of carbonyl (C=O) groups excluding carboxylic acids is 2. The van der Waals surface area contributed by atoms with Crippen LogP contribution in [-0.2, 0) is 4.74 Å². The first-order valence-electron chi connectivity index (χ1n) is 6.53. The Kier molecular flexibility index (Phi) is 4.41. The lowest BCUT2D eigenvalue weighted by molar-refractivity contribution is 0.0600. The van der Waals surface area contributed by atoms with E-state index in [9.17, 15) is 14.4 Å². The van der Waals surface area contributed by atoms with E-state index in [1.165, 1.54) is 14.0 Å². The average molecular weight is 301 g/mol. The van der Waals surface area contributed by atoms with Crippen LogP contribution in [0.5, 0.6) is 0 Å². The third kappa shape index (κ3) is 3.22. The fourth-order valence-corrected chi connectivity index (χ4v) is 2.01. The molecule has 1 aromatic heterocycles. The zero-order valence-corrected chi connectivity index (χ0v) is 12.4. The van der Waals surface area contributed by atoms with Crippen molar-refractivity contribution in [3.63, 3.8) is 0 Å². The van der Waals surface area contributed by atoms with Crippen molar-refractivity contribution in [2.45, 2.75) is 13.8 Å². The zero-order chi connectivity index (χ0) is 16.3. The molecule has 0 atom stereocenters. The number of ether oxygens (including phenoxy) is 1. The van der Waals surface area contributed by atoms with Crippen molar-refractivity contribution >= 4 is 23.1 Å². The molecule has 0 spiro atoms. The second-order valence-electron chi connectivity index (χ2n) is 4.68. The van der Waals surface area contributed by atoms with E-state index in [1.807, 2.05) is 0 Å². The third-order valence-corrected chi connectivity index (χ3v) is 3.01. The summed E-state index contributed by atoms with van der Waals surface area (Å²) >= 11 is 0. The van der Waals surface area contributed by atoms with Crippen molar-refractivity contribution in [2.75, 3.05) is 12.4 Å². The van der Waals surface area contributed by atoms with Gasteiger partial charge in [-0.25, -0.2) is 9.59 Å². The molecule has 0 unspecified atom stereocenters. The number of ketones is 1. The van der Waals surface area contributed by atoms with E-state index in [0.29, 0.717) is 22.7 Å². The van der Waals surface area contributed by atoms with Gasteiger partial charge in [0.15, 0.2) is 5.78 Å². The molecule has 0 aliphatic heterocycles. The first kappa shape index (κ1) is 15.5. The summed E-state index contributed by atoms with van der Waals surface area (Å²) in [4.78, 5) is 34.8. The number of benzene rings is 1. The number of hydrogen-bond acceptors (Lipinski definition) is 6. The van der Waals surface area contributed by atoms with Gasteiger partial charge < -0.3 is 14.5 Å². The predicted molar refractivity (Wildman–Crippen MR) is 80.8 cm³/mol. The number of hydrogen-bond donors (Lipinski definition) is 1. The first-order valence-corrected chi connectivity index (χ1v) is 6.53. The minimum absolute atomic E-state index is 0.0392. The molecule has 2 rings (SSSR count). The standard InChI is InChI=1S/C16H15NO5/c1-9-8-13(14(10(2)18)16(20)22-9)17-12-6-4-11(5-7-12)15(19)21-3/h4-8,17H,1-3H3. The molecule has 1 heterocycles. The maximum absolute atomic E-state index is 11.8. The van der Waals surface area contributed by atoms with Gasteiger partial charge in [-0.2, -0.15) is 0 Å². The molecule has 0 aliphatic carbocycles. The van der Waals surface area contributed by atoms with E-state index >= 15 is 0 Å². The molecular weight excluding hydrogens is 286 g/mol. The number of anilines is 2. The van der Waals surface area contributed by atoms with Crippen LogP contribution >= 0.6 is 0 Å². The Morgan fingerprint density at radius 1 is 1.18 bits per heavy atom. The van der Waals surface area contributed by atoms with Crippen LogP contribution in [0.25, 0.3) is 0 Å². The molecule has 0 aliphatic rings. The van der Waals surface area contributed by atoms with Gasteiger partial charge in [0.25, 0.3) is 0 Å². The van der Waals surface area contributed by atoms with Crippen molar-refractivity contribution < 1.29 is 18.7 Å². The van der Waals surface area contributed by atoms with Crippen LogP contribution in [0.2, 0.25) is 0 Å². The van der Waals surface area contributed by atoms with Gasteiger partial charge in [-0.15, -0.1) is 0 Å². The van der Waals surface area contributed by atoms with Crippen LogP contribution in [0.3, 0.4) is 0 Å². The largest absolute Gasteiger partial charge is 0.465 e. The van der Waals surface area contributed by atoms with Gasteiger partial charge in [-0.1, -0.05) is 0 Å². The van der Waals surface area contributed by atoms with E-state index in [4.69, 9.17) is 4.42 Å². The lowest BCUT2D eigenvalue weighted by Crippen LogP contribution is -2.15. The van der Waals surface area contributed by atoms with Crippen LogP contribution in [-0.4, -0.2) is 18.9 Å². The monoisotopic (exact) mass is 301 g/mol. The fraction of sp³-hybridized carbons (Fsp3) is 0.188. The normalized spacial score (nSPS) is 10.1. The van der Waals surface area contributed by atoms with Gasteiger partial charge in [-0.05, 0) is 38.1 Å². The minimum atomic E-state index is -0.679. The lowest BCUT2D eigenvalue weighted by atomic mass is 10.1. The molecule has 114 valence electrons. The summed E-state index contributed by atoms with van der Waals surface area (Å²) in [5.41, 5.74) is 0.680. The second-order valence-corrected chi connectivity index (χ2v) is 4.68.